The van der Waals surface area contributed by atoms with Crippen LogP contribution in [0.4, 0.5) is 0 Å². The summed E-state index contributed by atoms with van der Waals surface area (Å²) in [4.78, 5) is 6.84. The SMILES string of the molecule is CN=C(NCc1ccccc1)N1CCSC(C(C)C)C1.I. The molecule has 1 saturated heterocycles. The molecule has 0 bridgehead atoms. The fraction of sp³-hybridized carbons (Fsp3) is 0.562. The molecule has 0 aliphatic carbocycles. The average molecular weight is 419 g/mol. The van der Waals surface area contributed by atoms with Crippen LogP contribution < -0.4 is 5.32 Å². The standard InChI is InChI=1S/C16H25N3S.HI/c1-13(2)15-12-19(9-10-20-15)16(17-3)18-11-14-7-5-4-6-8-14;/h4-8,13,15H,9-12H2,1-3H3,(H,17,18);1H. The fourth-order valence-corrected chi connectivity index (χ4v) is 3.68. The van der Waals surface area contributed by atoms with Crippen LogP contribution in [0.3, 0.4) is 0 Å². The van der Waals surface area contributed by atoms with Crippen LogP contribution in [-0.4, -0.2) is 42.0 Å². The number of halogens is 1. The topological polar surface area (TPSA) is 27.6 Å². The summed E-state index contributed by atoms with van der Waals surface area (Å²) in [7, 11) is 1.87. The Morgan fingerprint density at radius 3 is 2.71 bits per heavy atom. The minimum absolute atomic E-state index is 0. The molecule has 1 N–H and O–H groups in total. The third kappa shape index (κ3) is 5.70. The van der Waals surface area contributed by atoms with Gasteiger partial charge in [-0.2, -0.15) is 11.8 Å². The molecule has 0 spiro atoms. The van der Waals surface area contributed by atoms with Gasteiger partial charge >= 0.3 is 0 Å². The summed E-state index contributed by atoms with van der Waals surface area (Å²) in [6, 6.07) is 10.5. The summed E-state index contributed by atoms with van der Waals surface area (Å²) in [6.45, 7) is 7.63. The average Bonchev–Trinajstić information content (AvgIpc) is 2.49. The van der Waals surface area contributed by atoms with E-state index in [1.807, 2.05) is 13.1 Å². The number of thioether (sulfide) groups is 1. The quantitative estimate of drug-likeness (QED) is 0.462. The van der Waals surface area contributed by atoms with Crippen molar-refractivity contribution in [2.24, 2.45) is 10.9 Å². The Hall–Kier alpha value is -0.430. The molecular weight excluding hydrogens is 393 g/mol. The summed E-state index contributed by atoms with van der Waals surface area (Å²) in [5, 5.41) is 4.19. The largest absolute Gasteiger partial charge is 0.352 e. The Balaban J connectivity index is 0.00000220. The molecule has 2 rings (SSSR count). The van der Waals surface area contributed by atoms with E-state index in [0.29, 0.717) is 5.25 Å². The fourth-order valence-electron chi connectivity index (χ4n) is 2.38. The van der Waals surface area contributed by atoms with Gasteiger partial charge in [0.2, 0.25) is 0 Å². The van der Waals surface area contributed by atoms with E-state index in [1.165, 1.54) is 11.3 Å². The van der Waals surface area contributed by atoms with Crippen molar-refractivity contribution in [3.8, 4) is 0 Å². The summed E-state index contributed by atoms with van der Waals surface area (Å²) in [6.07, 6.45) is 0. The lowest BCUT2D eigenvalue weighted by molar-refractivity contribution is 0.380. The lowest BCUT2D eigenvalue weighted by Gasteiger charge is -2.36. The molecule has 1 aliphatic rings. The molecule has 0 aromatic heterocycles. The highest BCUT2D eigenvalue weighted by Gasteiger charge is 2.24. The minimum Gasteiger partial charge on any atom is -0.352 e. The van der Waals surface area contributed by atoms with Crippen LogP contribution >= 0.6 is 35.7 Å². The van der Waals surface area contributed by atoms with Gasteiger partial charge in [0.05, 0.1) is 0 Å². The van der Waals surface area contributed by atoms with Gasteiger partial charge in [-0.05, 0) is 11.5 Å². The monoisotopic (exact) mass is 419 g/mol. The smallest absolute Gasteiger partial charge is 0.193 e. The Kier molecular flexibility index (Phi) is 8.48. The molecule has 0 amide bonds. The van der Waals surface area contributed by atoms with Gasteiger partial charge < -0.3 is 10.2 Å². The van der Waals surface area contributed by atoms with E-state index in [9.17, 15) is 0 Å². The number of rotatable bonds is 3. The molecule has 1 heterocycles. The molecule has 5 heteroatoms. The maximum Gasteiger partial charge on any atom is 0.193 e. The highest BCUT2D eigenvalue weighted by molar-refractivity contribution is 14.0. The molecule has 118 valence electrons. The van der Waals surface area contributed by atoms with Crippen LogP contribution in [0.2, 0.25) is 0 Å². The highest BCUT2D eigenvalue weighted by Crippen LogP contribution is 2.24. The van der Waals surface area contributed by atoms with E-state index < -0.39 is 0 Å². The second kappa shape index (κ2) is 9.56. The molecule has 0 saturated carbocycles. The van der Waals surface area contributed by atoms with Crippen molar-refractivity contribution >= 4 is 41.7 Å². The third-order valence-electron chi connectivity index (χ3n) is 3.64. The third-order valence-corrected chi connectivity index (χ3v) is 5.18. The maximum absolute atomic E-state index is 4.44. The first-order chi connectivity index (χ1) is 9.70. The minimum atomic E-state index is 0. The summed E-state index contributed by atoms with van der Waals surface area (Å²) in [5.74, 6) is 2.93. The lowest BCUT2D eigenvalue weighted by Crippen LogP contribution is -2.48. The van der Waals surface area contributed by atoms with Crippen molar-refractivity contribution in [1.82, 2.24) is 10.2 Å². The number of hydrogen-bond acceptors (Lipinski definition) is 2. The van der Waals surface area contributed by atoms with Crippen LogP contribution in [0.1, 0.15) is 19.4 Å². The number of hydrogen-bond donors (Lipinski definition) is 1. The number of guanidine groups is 1. The maximum atomic E-state index is 4.44. The summed E-state index contributed by atoms with van der Waals surface area (Å²) >= 11 is 2.09. The van der Waals surface area contributed by atoms with Crippen LogP contribution in [0.25, 0.3) is 0 Å². The van der Waals surface area contributed by atoms with Crippen LogP contribution in [0.15, 0.2) is 35.3 Å². The van der Waals surface area contributed by atoms with Crippen LogP contribution in [0.5, 0.6) is 0 Å². The zero-order valence-electron chi connectivity index (χ0n) is 13.1. The number of benzene rings is 1. The van der Waals surface area contributed by atoms with E-state index in [2.05, 4.69) is 65.1 Å². The molecule has 1 unspecified atom stereocenters. The normalized spacial score (nSPS) is 19.3. The summed E-state index contributed by atoms with van der Waals surface area (Å²) in [5.41, 5.74) is 1.29. The van der Waals surface area contributed by atoms with Crippen molar-refractivity contribution in [2.75, 3.05) is 25.9 Å². The van der Waals surface area contributed by atoms with Crippen LogP contribution in [0, 0.1) is 5.92 Å². The first-order valence-electron chi connectivity index (χ1n) is 7.32. The van der Waals surface area contributed by atoms with Crippen molar-refractivity contribution in [2.45, 2.75) is 25.6 Å². The lowest BCUT2D eigenvalue weighted by atomic mass is 10.1. The second-order valence-electron chi connectivity index (χ2n) is 5.49. The van der Waals surface area contributed by atoms with Gasteiger partial charge in [-0.3, -0.25) is 4.99 Å². The number of nitrogens with one attached hydrogen (secondary N) is 1. The molecule has 1 aliphatic heterocycles. The molecule has 3 nitrogen and oxygen atoms in total. The number of aliphatic imine (C=N–C) groups is 1. The van der Waals surface area contributed by atoms with Crippen molar-refractivity contribution in [3.05, 3.63) is 35.9 Å². The van der Waals surface area contributed by atoms with E-state index in [4.69, 9.17) is 0 Å². The molecule has 1 aromatic carbocycles. The Morgan fingerprint density at radius 2 is 2.10 bits per heavy atom. The Morgan fingerprint density at radius 1 is 1.38 bits per heavy atom. The van der Waals surface area contributed by atoms with E-state index in [0.717, 1.165) is 31.5 Å². The highest BCUT2D eigenvalue weighted by atomic mass is 127. The first-order valence-corrected chi connectivity index (χ1v) is 8.36. The van der Waals surface area contributed by atoms with Crippen LogP contribution in [-0.2, 0) is 6.54 Å². The molecule has 1 atom stereocenters. The van der Waals surface area contributed by atoms with Gasteiger partial charge in [0.1, 0.15) is 0 Å². The van der Waals surface area contributed by atoms with Crippen molar-refractivity contribution < 1.29 is 0 Å². The van der Waals surface area contributed by atoms with Gasteiger partial charge in [-0.1, -0.05) is 44.2 Å². The predicted octanol–water partition coefficient (Wildman–Crippen LogP) is 3.45. The van der Waals surface area contributed by atoms with E-state index >= 15 is 0 Å². The van der Waals surface area contributed by atoms with Gasteiger partial charge in [0, 0.05) is 37.7 Å². The van der Waals surface area contributed by atoms with Crippen molar-refractivity contribution in [1.29, 1.82) is 0 Å². The van der Waals surface area contributed by atoms with Gasteiger partial charge in [0.15, 0.2) is 5.96 Å². The number of nitrogens with zero attached hydrogens (tertiary/aromatic N) is 2. The van der Waals surface area contributed by atoms with Crippen molar-refractivity contribution in [3.63, 3.8) is 0 Å². The van der Waals surface area contributed by atoms with Gasteiger partial charge in [0.25, 0.3) is 0 Å². The first kappa shape index (κ1) is 18.6. The summed E-state index contributed by atoms with van der Waals surface area (Å²) < 4.78 is 0. The zero-order chi connectivity index (χ0) is 14.4. The Bertz CT molecular complexity index is 436. The molecule has 21 heavy (non-hydrogen) atoms. The van der Waals surface area contributed by atoms with E-state index in [-0.39, 0.29) is 24.0 Å². The molecule has 1 fully saturated rings. The zero-order valence-corrected chi connectivity index (χ0v) is 16.2. The van der Waals surface area contributed by atoms with Gasteiger partial charge in [-0.25, -0.2) is 0 Å². The predicted molar refractivity (Wildman–Crippen MR) is 105 cm³/mol. The van der Waals surface area contributed by atoms with E-state index in [1.54, 1.807) is 0 Å². The molecular formula is C16H26IN3S. The Labute approximate surface area is 150 Å². The van der Waals surface area contributed by atoms with Gasteiger partial charge in [-0.15, -0.1) is 24.0 Å². The molecule has 0 radical (unpaired) electrons. The second-order valence-corrected chi connectivity index (χ2v) is 6.83. The molecule has 1 aromatic rings.